The van der Waals surface area contributed by atoms with Gasteiger partial charge in [-0.3, -0.25) is 0 Å². The summed E-state index contributed by atoms with van der Waals surface area (Å²) in [5.41, 5.74) is 0. The van der Waals surface area contributed by atoms with Gasteiger partial charge in [-0.15, -0.1) is 0 Å². The largest absolute Gasteiger partial charge is 0.393 e. The molecule has 1 nitrogen and oxygen atoms in total. The van der Waals surface area contributed by atoms with Crippen LogP contribution in [0.5, 0.6) is 0 Å². The van der Waals surface area contributed by atoms with Gasteiger partial charge in [-0.1, -0.05) is 26.7 Å². The molecule has 0 radical (unpaired) electrons. The van der Waals surface area contributed by atoms with Crippen LogP contribution in [-0.4, -0.2) is 11.2 Å². The lowest BCUT2D eigenvalue weighted by Crippen LogP contribution is -2.31. The first kappa shape index (κ1) is 9.51. The highest BCUT2D eigenvalue weighted by molar-refractivity contribution is 4.88. The van der Waals surface area contributed by atoms with E-state index in [2.05, 4.69) is 13.8 Å². The molecule has 13 heavy (non-hydrogen) atoms. The molecule has 0 heterocycles. The summed E-state index contributed by atoms with van der Waals surface area (Å²) in [4.78, 5) is 0. The van der Waals surface area contributed by atoms with Crippen molar-refractivity contribution in [1.29, 1.82) is 0 Å². The number of aliphatic hydroxyl groups is 1. The van der Waals surface area contributed by atoms with Gasteiger partial charge in [-0.25, -0.2) is 0 Å². The molecule has 1 N–H and O–H groups in total. The zero-order chi connectivity index (χ0) is 9.42. The van der Waals surface area contributed by atoms with E-state index in [4.69, 9.17) is 0 Å². The second-order valence-corrected chi connectivity index (χ2v) is 5.51. The zero-order valence-electron chi connectivity index (χ0n) is 8.87. The smallest absolute Gasteiger partial charge is 0.0591 e. The van der Waals surface area contributed by atoms with Crippen LogP contribution in [0.3, 0.4) is 0 Å². The van der Waals surface area contributed by atoms with Gasteiger partial charge in [0.05, 0.1) is 6.10 Å². The van der Waals surface area contributed by atoms with Crippen LogP contribution < -0.4 is 0 Å². The number of fused-ring (bicyclic) bond motifs is 2. The van der Waals surface area contributed by atoms with Gasteiger partial charge in [0.2, 0.25) is 0 Å². The highest BCUT2D eigenvalue weighted by Crippen LogP contribution is 2.46. The first-order valence-corrected chi connectivity index (χ1v) is 5.85. The molecular formula is C12H22O. The van der Waals surface area contributed by atoms with E-state index in [9.17, 15) is 5.11 Å². The average Bonchev–Trinajstić information content (AvgIpc) is 2.44. The highest BCUT2D eigenvalue weighted by Gasteiger charge is 2.37. The van der Waals surface area contributed by atoms with Crippen molar-refractivity contribution in [3.63, 3.8) is 0 Å². The Morgan fingerprint density at radius 3 is 2.00 bits per heavy atom. The molecule has 2 aliphatic carbocycles. The SMILES string of the molecule is CC(C)[C@H](O)C1CC2CCC(C2)C1. The third kappa shape index (κ3) is 1.90. The van der Waals surface area contributed by atoms with Crippen molar-refractivity contribution in [1.82, 2.24) is 0 Å². The van der Waals surface area contributed by atoms with Crippen molar-refractivity contribution in [2.45, 2.75) is 52.1 Å². The molecule has 0 aliphatic heterocycles. The summed E-state index contributed by atoms with van der Waals surface area (Å²) in [6, 6.07) is 0. The Morgan fingerprint density at radius 1 is 1.00 bits per heavy atom. The van der Waals surface area contributed by atoms with Crippen LogP contribution in [0.4, 0.5) is 0 Å². The molecule has 0 saturated heterocycles. The van der Waals surface area contributed by atoms with Crippen LogP contribution in [0.1, 0.15) is 46.0 Å². The summed E-state index contributed by atoms with van der Waals surface area (Å²) < 4.78 is 0. The van der Waals surface area contributed by atoms with Crippen molar-refractivity contribution in [3.05, 3.63) is 0 Å². The summed E-state index contributed by atoms with van der Waals surface area (Å²) in [5, 5.41) is 10.0. The molecule has 3 atom stereocenters. The van der Waals surface area contributed by atoms with Gasteiger partial charge in [-0.05, 0) is 42.9 Å². The van der Waals surface area contributed by atoms with Crippen LogP contribution in [0, 0.1) is 23.7 Å². The van der Waals surface area contributed by atoms with Crippen molar-refractivity contribution in [2.75, 3.05) is 0 Å². The van der Waals surface area contributed by atoms with E-state index >= 15 is 0 Å². The molecule has 76 valence electrons. The van der Waals surface area contributed by atoms with Gasteiger partial charge >= 0.3 is 0 Å². The third-order valence-electron chi connectivity index (χ3n) is 4.09. The summed E-state index contributed by atoms with van der Waals surface area (Å²) in [7, 11) is 0. The Hall–Kier alpha value is -0.0400. The van der Waals surface area contributed by atoms with Gasteiger partial charge in [0, 0.05) is 0 Å². The Balaban J connectivity index is 1.94. The molecule has 2 saturated carbocycles. The minimum atomic E-state index is -0.0385. The fourth-order valence-electron chi connectivity index (χ4n) is 3.38. The fraction of sp³-hybridized carbons (Fsp3) is 1.00. The average molecular weight is 182 g/mol. The third-order valence-corrected chi connectivity index (χ3v) is 4.09. The number of hydrogen-bond acceptors (Lipinski definition) is 1. The van der Waals surface area contributed by atoms with Crippen LogP contribution in [0.25, 0.3) is 0 Å². The lowest BCUT2D eigenvalue weighted by Gasteiger charge is -2.33. The normalized spacial score (nSPS) is 41.1. The van der Waals surface area contributed by atoms with E-state index in [-0.39, 0.29) is 6.10 Å². The number of hydrogen-bond donors (Lipinski definition) is 1. The van der Waals surface area contributed by atoms with E-state index in [1.807, 2.05) is 0 Å². The van der Waals surface area contributed by atoms with Gasteiger partial charge < -0.3 is 5.11 Å². The molecule has 1 heteroatoms. The standard InChI is InChI=1S/C12H22O/c1-8(2)12(13)11-6-9-3-4-10(5-9)7-11/h8-13H,3-7H2,1-2H3/t9?,10?,11?,12-/m0/s1. The first-order valence-electron chi connectivity index (χ1n) is 5.85. The van der Waals surface area contributed by atoms with E-state index < -0.39 is 0 Å². The predicted octanol–water partition coefficient (Wildman–Crippen LogP) is 2.83. The molecule has 0 aromatic heterocycles. The topological polar surface area (TPSA) is 20.2 Å². The highest BCUT2D eigenvalue weighted by atomic mass is 16.3. The minimum absolute atomic E-state index is 0.0385. The zero-order valence-corrected chi connectivity index (χ0v) is 8.87. The van der Waals surface area contributed by atoms with Gasteiger partial charge in [0.15, 0.2) is 0 Å². The summed E-state index contributed by atoms with van der Waals surface area (Å²) >= 11 is 0. The molecular weight excluding hydrogens is 160 g/mol. The van der Waals surface area contributed by atoms with Crippen molar-refractivity contribution >= 4 is 0 Å². The summed E-state index contributed by atoms with van der Waals surface area (Å²) in [5.74, 6) is 2.98. The predicted molar refractivity (Wildman–Crippen MR) is 54.4 cm³/mol. The quantitative estimate of drug-likeness (QED) is 0.696. The second kappa shape index (κ2) is 3.61. The fourth-order valence-corrected chi connectivity index (χ4v) is 3.38. The molecule has 2 aliphatic rings. The Labute approximate surface area is 81.5 Å². The molecule has 0 aromatic carbocycles. The van der Waals surface area contributed by atoms with Crippen LogP contribution in [0.15, 0.2) is 0 Å². The Kier molecular flexibility index (Phi) is 2.64. The molecule has 0 aromatic rings. The van der Waals surface area contributed by atoms with Crippen molar-refractivity contribution < 1.29 is 5.11 Å². The monoisotopic (exact) mass is 182 g/mol. The molecule has 0 spiro atoms. The molecule has 0 amide bonds. The number of aliphatic hydroxyl groups excluding tert-OH is 1. The van der Waals surface area contributed by atoms with Gasteiger partial charge in [0.25, 0.3) is 0 Å². The molecule has 2 rings (SSSR count). The summed E-state index contributed by atoms with van der Waals surface area (Å²) in [6.45, 7) is 4.28. The van der Waals surface area contributed by atoms with E-state index in [0.29, 0.717) is 11.8 Å². The van der Waals surface area contributed by atoms with E-state index in [1.54, 1.807) is 0 Å². The maximum Gasteiger partial charge on any atom is 0.0591 e. The Morgan fingerprint density at radius 2 is 1.54 bits per heavy atom. The maximum absolute atomic E-state index is 10.0. The van der Waals surface area contributed by atoms with Crippen LogP contribution >= 0.6 is 0 Å². The van der Waals surface area contributed by atoms with E-state index in [0.717, 1.165) is 11.8 Å². The lowest BCUT2D eigenvalue weighted by molar-refractivity contribution is 0.0314. The maximum atomic E-state index is 10.0. The van der Waals surface area contributed by atoms with Crippen molar-refractivity contribution in [3.8, 4) is 0 Å². The molecule has 2 fully saturated rings. The van der Waals surface area contributed by atoms with Crippen LogP contribution in [-0.2, 0) is 0 Å². The molecule has 2 unspecified atom stereocenters. The minimum Gasteiger partial charge on any atom is -0.393 e. The first-order chi connectivity index (χ1) is 6.16. The number of rotatable bonds is 2. The van der Waals surface area contributed by atoms with Gasteiger partial charge in [-0.2, -0.15) is 0 Å². The van der Waals surface area contributed by atoms with Crippen molar-refractivity contribution in [2.24, 2.45) is 23.7 Å². The lowest BCUT2D eigenvalue weighted by atomic mass is 9.76. The Bertz CT molecular complexity index is 164. The van der Waals surface area contributed by atoms with Gasteiger partial charge in [0.1, 0.15) is 0 Å². The summed E-state index contributed by atoms with van der Waals surface area (Å²) in [6.07, 6.45) is 6.90. The molecule has 2 bridgehead atoms. The van der Waals surface area contributed by atoms with E-state index in [1.165, 1.54) is 32.1 Å². The second-order valence-electron chi connectivity index (χ2n) is 5.51. The van der Waals surface area contributed by atoms with Crippen LogP contribution in [0.2, 0.25) is 0 Å².